The van der Waals surface area contributed by atoms with E-state index in [1.54, 1.807) is 12.1 Å². The average Bonchev–Trinajstić information content (AvgIpc) is 3.15. The van der Waals surface area contributed by atoms with Crippen molar-refractivity contribution in [1.29, 1.82) is 0 Å². The molecule has 0 saturated heterocycles. The standard InChI is InChI=1S/C41H41N3O4.CH2O2/c1-3-36(30-7-5-4-6-8-30)44-25-34-23-39-38(47-26-40(48-39)31-15-17-35(45)18-16-31)22-33(34)21-37(44)41(46)42-20-19-28-10-13-29(14-11-28)32-12-9-27(2)43-24-32;2-1-3/h4-18,22-24,36-37,40,45H,3,19-21,25-26H2,1-2H3,(H,42,46);1H,(H,2,3). The van der Waals surface area contributed by atoms with E-state index in [-0.39, 0.29) is 36.3 Å². The predicted octanol–water partition coefficient (Wildman–Crippen LogP) is 7.21. The number of benzene rings is 4. The number of carboxylic acid groups (broad SMARTS) is 1. The van der Waals surface area contributed by atoms with Crippen molar-refractivity contribution in [2.24, 2.45) is 0 Å². The van der Waals surface area contributed by atoms with Gasteiger partial charge >= 0.3 is 0 Å². The van der Waals surface area contributed by atoms with Gasteiger partial charge in [-0.15, -0.1) is 0 Å². The van der Waals surface area contributed by atoms with Crippen molar-refractivity contribution in [2.75, 3.05) is 13.2 Å². The number of carbonyl (C=O) groups excluding carboxylic acids is 1. The summed E-state index contributed by atoms with van der Waals surface area (Å²) in [5, 5.41) is 19.9. The summed E-state index contributed by atoms with van der Waals surface area (Å²) in [5.41, 5.74) is 8.81. The van der Waals surface area contributed by atoms with E-state index in [9.17, 15) is 9.90 Å². The second kappa shape index (κ2) is 16.4. The molecule has 2 aliphatic heterocycles. The van der Waals surface area contributed by atoms with E-state index in [1.807, 2.05) is 37.4 Å². The highest BCUT2D eigenvalue weighted by molar-refractivity contribution is 5.82. The van der Waals surface area contributed by atoms with Crippen molar-refractivity contribution >= 4 is 12.4 Å². The second-order valence-electron chi connectivity index (χ2n) is 12.8. The van der Waals surface area contributed by atoms with Crippen molar-refractivity contribution in [2.45, 2.75) is 57.8 Å². The summed E-state index contributed by atoms with van der Waals surface area (Å²) >= 11 is 0. The molecule has 3 unspecified atom stereocenters. The Morgan fingerprint density at radius 2 is 1.67 bits per heavy atom. The summed E-state index contributed by atoms with van der Waals surface area (Å²) in [5.74, 6) is 1.67. The topological polar surface area (TPSA) is 121 Å². The Hall–Kier alpha value is -5.67. The van der Waals surface area contributed by atoms with Crippen LogP contribution >= 0.6 is 0 Å². The molecule has 3 atom stereocenters. The predicted molar refractivity (Wildman–Crippen MR) is 196 cm³/mol. The molecule has 1 amide bonds. The van der Waals surface area contributed by atoms with E-state index >= 15 is 0 Å². The minimum Gasteiger partial charge on any atom is -0.508 e. The Kier molecular flexibility index (Phi) is 11.3. The first-order valence-corrected chi connectivity index (χ1v) is 17.3. The van der Waals surface area contributed by atoms with Crippen molar-refractivity contribution < 1.29 is 29.3 Å². The number of aromatic hydroxyl groups is 1. The molecule has 9 nitrogen and oxygen atoms in total. The third-order valence-electron chi connectivity index (χ3n) is 9.54. The molecule has 3 N–H and O–H groups in total. The molecule has 9 heteroatoms. The van der Waals surface area contributed by atoms with Gasteiger partial charge in [-0.3, -0.25) is 19.5 Å². The van der Waals surface area contributed by atoms with Gasteiger partial charge < -0.3 is 25.0 Å². The zero-order chi connectivity index (χ0) is 35.7. The number of fused-ring (bicyclic) bond motifs is 2. The van der Waals surface area contributed by atoms with Crippen LogP contribution in [0.3, 0.4) is 0 Å². The molecule has 0 bridgehead atoms. The maximum Gasteiger partial charge on any atom is 0.290 e. The van der Waals surface area contributed by atoms with E-state index in [4.69, 9.17) is 19.4 Å². The van der Waals surface area contributed by atoms with Gasteiger partial charge in [-0.25, -0.2) is 0 Å². The summed E-state index contributed by atoms with van der Waals surface area (Å²) in [7, 11) is 0. The Morgan fingerprint density at radius 1 is 0.961 bits per heavy atom. The third-order valence-corrected chi connectivity index (χ3v) is 9.54. The maximum atomic E-state index is 14.0. The van der Waals surface area contributed by atoms with Crippen LogP contribution in [-0.4, -0.2) is 51.7 Å². The van der Waals surface area contributed by atoms with Gasteiger partial charge in [0, 0.05) is 36.6 Å². The Labute approximate surface area is 298 Å². The number of phenolic OH excluding ortho intramolecular Hbond substituents is 1. The van der Waals surface area contributed by atoms with Crippen LogP contribution in [0.15, 0.2) is 109 Å². The van der Waals surface area contributed by atoms with Crippen LogP contribution in [-0.2, 0) is 29.0 Å². The SMILES string of the molecule is CCC(c1ccccc1)N1Cc2cc3c(cc2CC1C(=O)NCCc1ccc(-c2ccc(C)nc2)cc1)OCC(c1ccc(O)cc1)O3.O=CO. The number of nitrogens with one attached hydrogen (secondary N) is 1. The average molecular weight is 686 g/mol. The largest absolute Gasteiger partial charge is 0.508 e. The van der Waals surface area contributed by atoms with E-state index in [0.717, 1.165) is 46.4 Å². The quantitative estimate of drug-likeness (QED) is 0.139. The monoisotopic (exact) mass is 685 g/mol. The van der Waals surface area contributed by atoms with Crippen molar-refractivity contribution in [1.82, 2.24) is 15.2 Å². The summed E-state index contributed by atoms with van der Waals surface area (Å²) in [4.78, 5) is 29.1. The van der Waals surface area contributed by atoms with Crippen LogP contribution in [0.4, 0.5) is 0 Å². The van der Waals surface area contributed by atoms with Gasteiger partial charge in [-0.2, -0.15) is 0 Å². The highest BCUT2D eigenvalue weighted by Gasteiger charge is 2.37. The second-order valence-corrected chi connectivity index (χ2v) is 12.8. The van der Waals surface area contributed by atoms with Crippen LogP contribution in [0.2, 0.25) is 0 Å². The molecule has 4 aromatic carbocycles. The lowest BCUT2D eigenvalue weighted by Crippen LogP contribution is -2.51. The Morgan fingerprint density at radius 3 is 2.35 bits per heavy atom. The molecule has 0 aliphatic carbocycles. The van der Waals surface area contributed by atoms with Crippen LogP contribution in [0.5, 0.6) is 17.2 Å². The number of carbonyl (C=O) groups is 2. The number of hydrogen-bond acceptors (Lipinski definition) is 7. The molecule has 3 heterocycles. The van der Waals surface area contributed by atoms with E-state index in [2.05, 4.69) is 88.9 Å². The summed E-state index contributed by atoms with van der Waals surface area (Å²) in [6.45, 7) is 5.48. The van der Waals surface area contributed by atoms with Crippen molar-refractivity contribution in [3.05, 3.63) is 143 Å². The highest BCUT2D eigenvalue weighted by Crippen LogP contribution is 2.42. The van der Waals surface area contributed by atoms with Crippen LogP contribution in [0.1, 0.15) is 59.0 Å². The molecule has 0 radical (unpaired) electrons. The molecule has 262 valence electrons. The molecule has 5 aromatic rings. The molecular weight excluding hydrogens is 642 g/mol. The fraction of sp³-hybridized carbons (Fsp3) is 0.262. The van der Waals surface area contributed by atoms with Crippen LogP contribution < -0.4 is 14.8 Å². The van der Waals surface area contributed by atoms with Crippen molar-refractivity contribution in [3.8, 4) is 28.4 Å². The third kappa shape index (κ3) is 8.38. The van der Waals surface area contributed by atoms with Gasteiger partial charge in [0.1, 0.15) is 12.4 Å². The number of pyridine rings is 1. The molecule has 0 spiro atoms. The zero-order valence-corrected chi connectivity index (χ0v) is 28.9. The minimum absolute atomic E-state index is 0.0414. The molecule has 0 saturated carbocycles. The van der Waals surface area contributed by atoms with Gasteiger partial charge in [0.25, 0.3) is 6.47 Å². The lowest BCUT2D eigenvalue weighted by Gasteiger charge is -2.41. The van der Waals surface area contributed by atoms with Gasteiger partial charge in [0.15, 0.2) is 17.6 Å². The first kappa shape index (κ1) is 35.2. The van der Waals surface area contributed by atoms with Crippen molar-refractivity contribution in [3.63, 3.8) is 0 Å². The minimum atomic E-state index is -0.327. The lowest BCUT2D eigenvalue weighted by atomic mass is 9.89. The number of phenols is 1. The van der Waals surface area contributed by atoms with Crippen LogP contribution in [0, 0.1) is 6.92 Å². The van der Waals surface area contributed by atoms with Gasteiger partial charge in [0.2, 0.25) is 5.91 Å². The van der Waals surface area contributed by atoms with Gasteiger partial charge in [-0.1, -0.05) is 79.7 Å². The summed E-state index contributed by atoms with van der Waals surface area (Å²) in [6.07, 6.45) is 3.85. The maximum absolute atomic E-state index is 14.0. The summed E-state index contributed by atoms with van der Waals surface area (Å²) in [6, 6.07) is 34.0. The van der Waals surface area contributed by atoms with E-state index in [1.165, 1.54) is 11.1 Å². The lowest BCUT2D eigenvalue weighted by molar-refractivity contribution is -0.128. The molecule has 2 aliphatic rings. The first-order valence-electron chi connectivity index (χ1n) is 17.3. The number of nitrogens with zero attached hydrogens (tertiary/aromatic N) is 2. The molecule has 1 aromatic heterocycles. The molecule has 51 heavy (non-hydrogen) atoms. The number of rotatable bonds is 9. The molecular formula is C42H43N3O6. The normalized spacial score (nSPS) is 16.9. The van der Waals surface area contributed by atoms with E-state index < -0.39 is 0 Å². The number of ether oxygens (including phenoxy) is 2. The summed E-state index contributed by atoms with van der Waals surface area (Å²) < 4.78 is 12.6. The van der Waals surface area contributed by atoms with E-state index in [0.29, 0.717) is 37.6 Å². The Balaban J connectivity index is 0.00000144. The smallest absolute Gasteiger partial charge is 0.290 e. The molecule has 0 fully saturated rings. The highest BCUT2D eigenvalue weighted by atomic mass is 16.6. The zero-order valence-electron chi connectivity index (χ0n) is 28.9. The van der Waals surface area contributed by atoms with Crippen LogP contribution in [0.25, 0.3) is 11.1 Å². The molecule has 7 rings (SSSR count). The fourth-order valence-electron chi connectivity index (χ4n) is 6.88. The number of amides is 1. The van der Waals surface area contributed by atoms with Gasteiger partial charge in [0.05, 0.1) is 6.04 Å². The number of aryl methyl sites for hydroxylation is 1. The first-order chi connectivity index (χ1) is 24.9. The fourth-order valence-corrected chi connectivity index (χ4v) is 6.88. The number of aromatic nitrogens is 1. The Bertz CT molecular complexity index is 1910. The van der Waals surface area contributed by atoms with Gasteiger partial charge in [-0.05, 0) is 89.9 Å². The number of hydrogen-bond donors (Lipinski definition) is 3.